The molecule has 2 saturated heterocycles. The Hall–Kier alpha value is -6.49. The lowest BCUT2D eigenvalue weighted by Gasteiger charge is -2.31. The second-order valence-corrected chi connectivity index (χ2v) is 16.1. The van der Waals surface area contributed by atoms with Gasteiger partial charge >= 0.3 is 12.2 Å². The third kappa shape index (κ3) is 7.37. The van der Waals surface area contributed by atoms with Gasteiger partial charge in [-0.2, -0.15) is 0 Å². The maximum absolute atomic E-state index is 13.7. The second kappa shape index (κ2) is 16.3. The number of amides is 4. The first-order chi connectivity index (χ1) is 28.9. The van der Waals surface area contributed by atoms with E-state index in [2.05, 4.69) is 67.5 Å². The number of hydrogen-bond donors (Lipinski definition) is 4. The number of fused-ring (bicyclic) bond motifs is 5. The topological polar surface area (TPSA) is 195 Å². The van der Waals surface area contributed by atoms with Gasteiger partial charge in [-0.25, -0.2) is 24.5 Å². The van der Waals surface area contributed by atoms with Gasteiger partial charge in [0.1, 0.15) is 23.5 Å². The smallest absolute Gasteiger partial charge is 0.408 e. The van der Waals surface area contributed by atoms with Crippen LogP contribution in [0.2, 0.25) is 0 Å². The highest BCUT2D eigenvalue weighted by atomic mass is 16.5. The number of likely N-dealkylation sites (tertiary alicyclic amines) is 2. The van der Waals surface area contributed by atoms with Crippen LogP contribution in [0.25, 0.3) is 49.8 Å². The maximum atomic E-state index is 13.7. The lowest BCUT2D eigenvalue weighted by Crippen LogP contribution is -2.55. The zero-order valence-electron chi connectivity index (χ0n) is 34.9. The number of ether oxygens (including phenoxy) is 2. The van der Waals surface area contributed by atoms with Crippen molar-refractivity contribution in [3.8, 4) is 22.5 Å². The van der Waals surface area contributed by atoms with Gasteiger partial charge in [-0.3, -0.25) is 24.2 Å². The van der Waals surface area contributed by atoms with Crippen molar-refractivity contribution in [2.45, 2.75) is 70.7 Å². The molecule has 0 radical (unpaired) electrons. The Labute approximate surface area is 346 Å². The van der Waals surface area contributed by atoms with E-state index in [0.29, 0.717) is 24.7 Å². The fraction of sp³-hybridized carbons (Fsp3) is 0.419. The average Bonchev–Trinajstić information content (AvgIpc) is 4.09. The van der Waals surface area contributed by atoms with Crippen LogP contribution in [0.15, 0.2) is 54.9 Å². The Balaban J connectivity index is 1.04. The van der Waals surface area contributed by atoms with Crippen LogP contribution in [0.3, 0.4) is 0 Å². The van der Waals surface area contributed by atoms with Crippen molar-refractivity contribution in [1.29, 1.82) is 0 Å². The molecule has 0 spiro atoms. The molecular weight excluding hydrogens is 767 g/mol. The summed E-state index contributed by atoms with van der Waals surface area (Å²) in [6, 6.07) is 13.5. The lowest BCUT2D eigenvalue weighted by atomic mass is 10.0. The van der Waals surface area contributed by atoms with E-state index in [1.807, 2.05) is 20.8 Å². The molecule has 2 aliphatic rings. The van der Waals surface area contributed by atoms with Gasteiger partial charge in [0, 0.05) is 35.0 Å². The van der Waals surface area contributed by atoms with E-state index in [1.54, 1.807) is 41.2 Å². The molecule has 60 heavy (non-hydrogen) atoms. The Bertz CT molecular complexity index is 2610. The predicted octanol–water partition coefficient (Wildman–Crippen LogP) is 5.68. The Morgan fingerprint density at radius 1 is 0.783 bits per heavy atom. The van der Waals surface area contributed by atoms with E-state index < -0.39 is 24.4 Å². The molecular formula is C43H51N11O6. The molecule has 4 amide bonds. The quantitative estimate of drug-likeness (QED) is 0.125. The number of aromatic amines is 2. The standard InChI is InChI=1S/C43H51N11O6/c1-23(2)36(49-42(57)59-6)40(55)52-16-8-10-33(52)37-45-22-31(48-37)26-12-14-28-29(19-26)46-24(3)54-32-15-13-25(18-27(32)20-35(28)54)30-21-44-38(47-30)34-11-9-17-53(34)41(56)39(51(4)5)50-43(58)60-7/h12-15,18-23,33-34,36,39H,8-11,16-17H2,1-7H3,(H,44,47)(H,45,48)(H,49,57)(H,50,58)/t33-,34+,36+,39+/m1/s1. The number of hydrogen-bond acceptors (Lipinski definition) is 10. The third-order valence-corrected chi connectivity index (χ3v) is 11.8. The molecule has 17 heteroatoms. The third-order valence-electron chi connectivity index (χ3n) is 11.8. The van der Waals surface area contributed by atoms with Crippen molar-refractivity contribution >= 4 is 51.3 Å². The number of nitrogens with one attached hydrogen (secondary N) is 4. The number of carbonyl (C=O) groups is 4. The molecule has 2 fully saturated rings. The number of carbonyl (C=O) groups excluding carboxylic acids is 4. The van der Waals surface area contributed by atoms with Crippen molar-refractivity contribution < 1.29 is 28.7 Å². The van der Waals surface area contributed by atoms with Gasteiger partial charge in [0.2, 0.25) is 5.91 Å². The number of alkyl carbamates (subject to hydrolysis) is 2. The summed E-state index contributed by atoms with van der Waals surface area (Å²) >= 11 is 0. The largest absolute Gasteiger partial charge is 0.453 e. The SMILES string of the molecule is COC(=O)N[C@H](C(=O)N1CCC[C@@H]1c1ncc(-c2ccc3c(c2)nc(C)n2c4ccc(-c5cnc([C@@H]6CCCN6C(=O)[C@@H](NC(=O)OC)N(C)C)[nH]5)cc4cc32)[nH]1)C(C)C. The molecule has 0 saturated carbocycles. The Morgan fingerprint density at radius 2 is 1.37 bits per heavy atom. The molecule has 6 aromatic rings. The van der Waals surface area contributed by atoms with Gasteiger partial charge < -0.3 is 34.6 Å². The van der Waals surface area contributed by atoms with Gasteiger partial charge in [0.15, 0.2) is 6.17 Å². The number of nitrogens with zero attached hydrogens (tertiary/aromatic N) is 7. The zero-order chi connectivity index (χ0) is 42.4. The van der Waals surface area contributed by atoms with Gasteiger partial charge in [0.05, 0.1) is 66.6 Å². The van der Waals surface area contributed by atoms with Crippen LogP contribution in [0.1, 0.15) is 69.1 Å². The van der Waals surface area contributed by atoms with Crippen LogP contribution in [0, 0.1) is 12.8 Å². The molecule has 0 bridgehead atoms. The highest BCUT2D eigenvalue weighted by Gasteiger charge is 2.39. The minimum absolute atomic E-state index is 0.120. The van der Waals surface area contributed by atoms with E-state index in [4.69, 9.17) is 24.4 Å². The molecule has 17 nitrogen and oxygen atoms in total. The Kier molecular flexibility index (Phi) is 10.9. The number of methoxy groups -OCH3 is 2. The summed E-state index contributed by atoms with van der Waals surface area (Å²) in [5, 5.41) is 7.38. The molecule has 6 heterocycles. The molecule has 0 unspecified atom stereocenters. The number of aromatic nitrogens is 6. The summed E-state index contributed by atoms with van der Waals surface area (Å²) in [4.78, 5) is 78.0. The zero-order valence-corrected chi connectivity index (χ0v) is 34.9. The van der Waals surface area contributed by atoms with Crippen LogP contribution >= 0.6 is 0 Å². The molecule has 314 valence electrons. The van der Waals surface area contributed by atoms with E-state index in [0.717, 1.165) is 81.3 Å². The van der Waals surface area contributed by atoms with Crippen molar-refractivity contribution in [3.05, 3.63) is 72.3 Å². The predicted molar refractivity (Wildman–Crippen MR) is 225 cm³/mol. The molecule has 4 aromatic heterocycles. The summed E-state index contributed by atoms with van der Waals surface area (Å²) in [7, 11) is 6.03. The number of aryl methyl sites for hydroxylation is 1. The summed E-state index contributed by atoms with van der Waals surface area (Å²) < 4.78 is 11.7. The monoisotopic (exact) mass is 817 g/mol. The van der Waals surface area contributed by atoms with Crippen molar-refractivity contribution in [2.75, 3.05) is 41.4 Å². The van der Waals surface area contributed by atoms with Gasteiger partial charge in [-0.1, -0.05) is 32.0 Å². The fourth-order valence-corrected chi connectivity index (χ4v) is 8.71. The molecule has 2 aromatic carbocycles. The maximum Gasteiger partial charge on any atom is 0.408 e. The molecule has 4 atom stereocenters. The van der Waals surface area contributed by atoms with Gasteiger partial charge in [-0.05, 0) is 76.9 Å². The van der Waals surface area contributed by atoms with Crippen LogP contribution in [-0.4, -0.2) is 122 Å². The summed E-state index contributed by atoms with van der Waals surface area (Å²) in [6.07, 6.45) is 4.60. The number of H-pyrrole nitrogens is 2. The van der Waals surface area contributed by atoms with Crippen molar-refractivity contribution in [1.82, 2.24) is 54.7 Å². The van der Waals surface area contributed by atoms with E-state index in [-0.39, 0.29) is 29.8 Å². The summed E-state index contributed by atoms with van der Waals surface area (Å²) in [6.45, 7) is 6.94. The second-order valence-electron chi connectivity index (χ2n) is 16.1. The van der Waals surface area contributed by atoms with Crippen molar-refractivity contribution in [3.63, 3.8) is 0 Å². The van der Waals surface area contributed by atoms with Gasteiger partial charge in [-0.15, -0.1) is 0 Å². The number of imidazole rings is 2. The molecule has 8 rings (SSSR count). The summed E-state index contributed by atoms with van der Waals surface area (Å²) in [5.74, 6) is 1.75. The van der Waals surface area contributed by atoms with Crippen molar-refractivity contribution in [2.24, 2.45) is 5.92 Å². The highest BCUT2D eigenvalue weighted by molar-refractivity contribution is 6.03. The normalized spacial score (nSPS) is 17.9. The molecule has 2 aliphatic heterocycles. The van der Waals surface area contributed by atoms with Crippen LogP contribution in [-0.2, 0) is 19.1 Å². The lowest BCUT2D eigenvalue weighted by molar-refractivity contribution is -0.138. The van der Waals surface area contributed by atoms with Crippen LogP contribution in [0.4, 0.5) is 9.59 Å². The minimum Gasteiger partial charge on any atom is -0.453 e. The number of benzene rings is 2. The average molecular weight is 818 g/mol. The number of likely N-dealkylation sites (N-methyl/N-ethyl adjacent to an activating group) is 1. The first kappa shape index (κ1) is 40.3. The Morgan fingerprint density at radius 3 is 1.97 bits per heavy atom. The van der Waals surface area contributed by atoms with Crippen LogP contribution in [0.5, 0.6) is 0 Å². The summed E-state index contributed by atoms with van der Waals surface area (Å²) in [5.41, 5.74) is 6.45. The highest BCUT2D eigenvalue weighted by Crippen LogP contribution is 2.36. The van der Waals surface area contributed by atoms with E-state index >= 15 is 0 Å². The first-order valence-electron chi connectivity index (χ1n) is 20.3. The van der Waals surface area contributed by atoms with E-state index in [1.165, 1.54) is 14.2 Å². The first-order valence-corrected chi connectivity index (χ1v) is 20.3. The number of rotatable bonds is 10. The minimum atomic E-state index is -0.868. The van der Waals surface area contributed by atoms with E-state index in [9.17, 15) is 19.2 Å². The fourth-order valence-electron chi connectivity index (χ4n) is 8.71. The van der Waals surface area contributed by atoms with Crippen LogP contribution < -0.4 is 10.6 Å². The van der Waals surface area contributed by atoms with Gasteiger partial charge in [0.25, 0.3) is 5.91 Å². The molecule has 0 aliphatic carbocycles. The molecule has 4 N–H and O–H groups in total.